The van der Waals surface area contributed by atoms with Gasteiger partial charge in [0.1, 0.15) is 0 Å². The van der Waals surface area contributed by atoms with E-state index in [1.807, 2.05) is 0 Å². The lowest BCUT2D eigenvalue weighted by atomic mass is 9.89. The first-order valence-electron chi connectivity index (χ1n) is 7.70. The van der Waals surface area contributed by atoms with Gasteiger partial charge in [0.2, 0.25) is 0 Å². The van der Waals surface area contributed by atoms with Crippen LogP contribution >= 0.6 is 0 Å². The second-order valence-corrected chi connectivity index (χ2v) is 5.42. The molecule has 0 aromatic heterocycles. The third kappa shape index (κ3) is 5.62. The van der Waals surface area contributed by atoms with Crippen molar-refractivity contribution in [2.45, 2.75) is 77.7 Å². The molecule has 4 nitrogen and oxygen atoms in total. The minimum Gasteiger partial charge on any atom is -0.435 e. The lowest BCUT2D eigenvalue weighted by molar-refractivity contribution is -0.125. The van der Waals surface area contributed by atoms with Gasteiger partial charge >= 0.3 is 6.09 Å². The Balaban J connectivity index is 2.43. The summed E-state index contributed by atoms with van der Waals surface area (Å²) in [5.74, 6) is -0.0585. The molecule has 2 unspecified atom stereocenters. The molecule has 1 saturated heterocycles. The number of amides is 2. The third-order valence-electron chi connectivity index (χ3n) is 3.75. The molecule has 2 atom stereocenters. The van der Waals surface area contributed by atoms with Gasteiger partial charge in [0.15, 0.2) is 6.10 Å². The van der Waals surface area contributed by atoms with Gasteiger partial charge in [0.25, 0.3) is 5.91 Å². The van der Waals surface area contributed by atoms with E-state index < -0.39 is 12.2 Å². The maximum Gasteiger partial charge on any atom is 0.414 e. The molecule has 0 bridgehead atoms. The van der Waals surface area contributed by atoms with Crippen LogP contribution in [-0.2, 0) is 9.53 Å². The maximum atomic E-state index is 11.7. The Morgan fingerprint density at radius 2 is 1.58 bits per heavy atom. The molecule has 1 aliphatic heterocycles. The van der Waals surface area contributed by atoms with E-state index in [1.165, 1.54) is 32.1 Å². The summed E-state index contributed by atoms with van der Waals surface area (Å²) in [6.45, 7) is 4.35. The van der Waals surface area contributed by atoms with Gasteiger partial charge in [0.05, 0.1) is 0 Å². The van der Waals surface area contributed by atoms with Gasteiger partial charge < -0.3 is 4.74 Å². The molecular formula is C15H27NO3. The predicted molar refractivity (Wildman–Crippen MR) is 74.8 cm³/mol. The van der Waals surface area contributed by atoms with Gasteiger partial charge in [-0.15, -0.1) is 0 Å². The van der Waals surface area contributed by atoms with Crippen molar-refractivity contribution in [2.75, 3.05) is 0 Å². The number of unbranched alkanes of at least 4 members (excludes halogenated alkanes) is 5. The molecular weight excluding hydrogens is 242 g/mol. The molecule has 1 heterocycles. The highest BCUT2D eigenvalue weighted by Crippen LogP contribution is 2.25. The number of ether oxygens (including phenoxy) is 1. The van der Waals surface area contributed by atoms with Gasteiger partial charge in [-0.3, -0.25) is 10.1 Å². The SMILES string of the molecule is CCCCCCC(CCCCC)C1OC(=O)NC1=O. The normalized spacial score (nSPS) is 20.2. The highest BCUT2D eigenvalue weighted by atomic mass is 16.6. The molecule has 0 saturated carbocycles. The standard InChI is InChI=1S/C15H27NO3/c1-3-5-7-9-11-12(10-8-6-4-2)13-14(17)16-15(18)19-13/h12-13H,3-11H2,1-2H3,(H,16,17,18). The molecule has 0 aliphatic carbocycles. The van der Waals surface area contributed by atoms with Gasteiger partial charge in [-0.05, 0) is 12.8 Å². The molecule has 1 N–H and O–H groups in total. The Morgan fingerprint density at radius 3 is 2.11 bits per heavy atom. The number of nitrogens with one attached hydrogen (secondary N) is 1. The average molecular weight is 269 g/mol. The zero-order chi connectivity index (χ0) is 14.1. The van der Waals surface area contributed by atoms with E-state index in [-0.39, 0.29) is 11.8 Å². The number of hydrogen-bond donors (Lipinski definition) is 1. The Morgan fingerprint density at radius 1 is 1.00 bits per heavy atom. The summed E-state index contributed by atoms with van der Waals surface area (Å²) in [6, 6.07) is 0. The molecule has 19 heavy (non-hydrogen) atoms. The maximum absolute atomic E-state index is 11.7. The van der Waals surface area contributed by atoms with Crippen LogP contribution in [0.3, 0.4) is 0 Å². The monoisotopic (exact) mass is 269 g/mol. The van der Waals surface area contributed by atoms with Crippen LogP contribution < -0.4 is 5.32 Å². The molecule has 2 amide bonds. The van der Waals surface area contributed by atoms with Crippen LogP contribution in [0.5, 0.6) is 0 Å². The molecule has 0 aromatic carbocycles. The first kappa shape index (κ1) is 16.0. The van der Waals surface area contributed by atoms with E-state index in [0.29, 0.717) is 0 Å². The fourth-order valence-electron chi connectivity index (χ4n) is 2.62. The minimum atomic E-state index is -0.580. The predicted octanol–water partition coefficient (Wildman–Crippen LogP) is 3.79. The summed E-state index contributed by atoms with van der Waals surface area (Å²) in [6.07, 6.45) is 9.03. The van der Waals surface area contributed by atoms with Crippen LogP contribution in [0.25, 0.3) is 0 Å². The Hall–Kier alpha value is -1.06. The molecule has 1 rings (SSSR count). The second kappa shape index (κ2) is 8.94. The zero-order valence-corrected chi connectivity index (χ0v) is 12.2. The van der Waals surface area contributed by atoms with Crippen LogP contribution in [0, 0.1) is 5.92 Å². The van der Waals surface area contributed by atoms with Crippen molar-refractivity contribution >= 4 is 12.0 Å². The van der Waals surface area contributed by atoms with Crippen molar-refractivity contribution in [3.05, 3.63) is 0 Å². The lowest BCUT2D eigenvalue weighted by Gasteiger charge is -2.20. The van der Waals surface area contributed by atoms with Gasteiger partial charge in [-0.1, -0.05) is 58.8 Å². The van der Waals surface area contributed by atoms with E-state index in [1.54, 1.807) is 0 Å². The largest absolute Gasteiger partial charge is 0.435 e. The molecule has 0 spiro atoms. The van der Waals surface area contributed by atoms with Crippen LogP contribution in [-0.4, -0.2) is 18.1 Å². The Bertz CT molecular complexity index is 291. The van der Waals surface area contributed by atoms with Gasteiger partial charge in [0, 0.05) is 5.92 Å². The van der Waals surface area contributed by atoms with Gasteiger partial charge in [-0.25, -0.2) is 4.79 Å². The summed E-state index contributed by atoms with van der Waals surface area (Å²) in [4.78, 5) is 22.8. The summed E-state index contributed by atoms with van der Waals surface area (Å²) in [5, 5.41) is 2.24. The third-order valence-corrected chi connectivity index (χ3v) is 3.75. The van der Waals surface area contributed by atoms with E-state index in [4.69, 9.17) is 4.74 Å². The van der Waals surface area contributed by atoms with Crippen LogP contribution in [0.1, 0.15) is 71.6 Å². The van der Waals surface area contributed by atoms with Crippen molar-refractivity contribution in [3.63, 3.8) is 0 Å². The molecule has 1 aliphatic rings. The van der Waals surface area contributed by atoms with Crippen molar-refractivity contribution in [1.29, 1.82) is 0 Å². The summed E-state index contributed by atoms with van der Waals surface area (Å²) in [5.41, 5.74) is 0. The van der Waals surface area contributed by atoms with Crippen LogP contribution in [0.2, 0.25) is 0 Å². The smallest absolute Gasteiger partial charge is 0.414 e. The quantitative estimate of drug-likeness (QED) is 0.614. The van der Waals surface area contributed by atoms with E-state index in [9.17, 15) is 9.59 Å². The number of carbonyl (C=O) groups is 2. The Labute approximate surface area is 116 Å². The van der Waals surface area contributed by atoms with Crippen LogP contribution in [0.15, 0.2) is 0 Å². The van der Waals surface area contributed by atoms with Crippen molar-refractivity contribution < 1.29 is 14.3 Å². The minimum absolute atomic E-state index is 0.190. The van der Waals surface area contributed by atoms with E-state index >= 15 is 0 Å². The van der Waals surface area contributed by atoms with E-state index in [2.05, 4.69) is 19.2 Å². The average Bonchev–Trinajstić information content (AvgIpc) is 2.71. The molecule has 1 fully saturated rings. The summed E-state index contributed by atoms with van der Waals surface area (Å²) in [7, 11) is 0. The molecule has 0 radical (unpaired) electrons. The van der Waals surface area contributed by atoms with E-state index in [0.717, 1.165) is 25.7 Å². The van der Waals surface area contributed by atoms with Crippen molar-refractivity contribution in [2.24, 2.45) is 5.92 Å². The molecule has 0 aromatic rings. The fraction of sp³-hybridized carbons (Fsp3) is 0.867. The second-order valence-electron chi connectivity index (χ2n) is 5.42. The number of cyclic esters (lactones) is 1. The lowest BCUT2D eigenvalue weighted by Crippen LogP contribution is -2.31. The number of alkyl carbamates (subject to hydrolysis) is 1. The number of rotatable bonds is 10. The first-order valence-corrected chi connectivity index (χ1v) is 7.70. The number of carbonyl (C=O) groups excluding carboxylic acids is 2. The molecule has 110 valence electrons. The van der Waals surface area contributed by atoms with Crippen molar-refractivity contribution in [1.82, 2.24) is 5.32 Å². The zero-order valence-electron chi connectivity index (χ0n) is 12.2. The molecule has 4 heteroatoms. The highest BCUT2D eigenvalue weighted by molar-refractivity contribution is 6.00. The first-order chi connectivity index (χ1) is 9.19. The number of imide groups is 1. The van der Waals surface area contributed by atoms with Crippen LogP contribution in [0.4, 0.5) is 4.79 Å². The fourth-order valence-corrected chi connectivity index (χ4v) is 2.62. The summed E-state index contributed by atoms with van der Waals surface area (Å²) >= 11 is 0. The van der Waals surface area contributed by atoms with Crippen molar-refractivity contribution in [3.8, 4) is 0 Å². The highest BCUT2D eigenvalue weighted by Gasteiger charge is 2.37. The topological polar surface area (TPSA) is 55.4 Å². The van der Waals surface area contributed by atoms with Gasteiger partial charge in [-0.2, -0.15) is 0 Å². The number of hydrogen-bond acceptors (Lipinski definition) is 3. The summed E-state index contributed by atoms with van der Waals surface area (Å²) < 4.78 is 5.12. The Kier molecular flexibility index (Phi) is 7.53.